The third kappa shape index (κ3) is 3.40. The van der Waals surface area contributed by atoms with Gasteiger partial charge in [0.25, 0.3) is 0 Å². The number of fused-ring (bicyclic) bond motifs is 1. The summed E-state index contributed by atoms with van der Waals surface area (Å²) in [5, 5.41) is 21.7. The highest BCUT2D eigenvalue weighted by atomic mass is 16.3. The van der Waals surface area contributed by atoms with Crippen LogP contribution >= 0.6 is 0 Å². The van der Waals surface area contributed by atoms with E-state index in [2.05, 4.69) is 42.5 Å². The van der Waals surface area contributed by atoms with Crippen molar-refractivity contribution in [3.8, 4) is 11.5 Å². The van der Waals surface area contributed by atoms with E-state index in [9.17, 15) is 10.2 Å². The zero-order chi connectivity index (χ0) is 17.9. The van der Waals surface area contributed by atoms with Gasteiger partial charge in [0.05, 0.1) is 0 Å². The van der Waals surface area contributed by atoms with Gasteiger partial charge < -0.3 is 10.2 Å². The lowest BCUT2D eigenvalue weighted by Crippen LogP contribution is -2.05. The van der Waals surface area contributed by atoms with E-state index in [4.69, 9.17) is 0 Å². The van der Waals surface area contributed by atoms with Crippen LogP contribution in [0.3, 0.4) is 0 Å². The number of phenols is 2. The molecule has 0 fully saturated rings. The Hall–Kier alpha value is -3.26. The fraction of sp³-hybridized carbons (Fsp3) is 0.0833. The highest BCUT2D eigenvalue weighted by Gasteiger charge is 2.15. The molecule has 2 N–H and O–H groups in total. The first-order valence-corrected chi connectivity index (χ1v) is 8.74. The predicted molar refractivity (Wildman–Crippen MR) is 106 cm³/mol. The number of aromatic hydroxyl groups is 2. The molecule has 2 nitrogen and oxygen atoms in total. The molecule has 0 aliphatic carbocycles. The van der Waals surface area contributed by atoms with Gasteiger partial charge in [0.2, 0.25) is 0 Å². The van der Waals surface area contributed by atoms with E-state index in [1.165, 1.54) is 16.3 Å². The average molecular weight is 340 g/mol. The highest BCUT2D eigenvalue weighted by Crippen LogP contribution is 2.31. The molecule has 4 rings (SSSR count). The first kappa shape index (κ1) is 16.2. The van der Waals surface area contributed by atoms with Crippen LogP contribution in [0.25, 0.3) is 10.8 Å². The van der Waals surface area contributed by atoms with Crippen LogP contribution in [0.2, 0.25) is 0 Å². The van der Waals surface area contributed by atoms with Crippen LogP contribution in [-0.4, -0.2) is 10.2 Å². The molecule has 2 heteroatoms. The van der Waals surface area contributed by atoms with Gasteiger partial charge in [-0.05, 0) is 58.1 Å². The predicted octanol–water partition coefficient (Wildman–Crippen LogP) is 5.63. The number of rotatable bonds is 4. The van der Waals surface area contributed by atoms with E-state index in [1.54, 1.807) is 24.3 Å². The van der Waals surface area contributed by atoms with Crippen LogP contribution in [0.15, 0.2) is 91.0 Å². The number of phenolic OH excluding ortho intramolecular Hbond substituents is 2. The van der Waals surface area contributed by atoms with Crippen molar-refractivity contribution in [1.29, 1.82) is 0 Å². The lowest BCUT2D eigenvalue weighted by molar-refractivity contribution is 0.475. The number of hydrogen-bond donors (Lipinski definition) is 2. The molecule has 0 radical (unpaired) electrons. The van der Waals surface area contributed by atoms with E-state index in [0.717, 1.165) is 17.5 Å². The molecule has 0 atom stereocenters. The molecule has 128 valence electrons. The molecule has 0 aliphatic heterocycles. The maximum absolute atomic E-state index is 9.62. The maximum atomic E-state index is 9.62. The molecule has 4 aromatic rings. The van der Waals surface area contributed by atoms with Crippen LogP contribution in [0.4, 0.5) is 0 Å². The van der Waals surface area contributed by atoms with Gasteiger partial charge in [-0.1, -0.05) is 66.7 Å². The van der Waals surface area contributed by atoms with Crippen molar-refractivity contribution in [2.24, 2.45) is 0 Å². The summed E-state index contributed by atoms with van der Waals surface area (Å²) in [6.45, 7) is 0. The van der Waals surface area contributed by atoms with Gasteiger partial charge in [-0.15, -0.1) is 0 Å². The molecule has 0 amide bonds. The van der Waals surface area contributed by atoms with Gasteiger partial charge in [-0.3, -0.25) is 0 Å². The third-order valence-corrected chi connectivity index (χ3v) is 4.84. The van der Waals surface area contributed by atoms with Gasteiger partial charge in [0.1, 0.15) is 11.5 Å². The molecule has 0 saturated heterocycles. The lowest BCUT2D eigenvalue weighted by atomic mass is 9.85. The number of benzene rings is 4. The third-order valence-electron chi connectivity index (χ3n) is 4.84. The van der Waals surface area contributed by atoms with E-state index in [-0.39, 0.29) is 17.4 Å². The Balaban J connectivity index is 1.73. The molecule has 0 unspecified atom stereocenters. The van der Waals surface area contributed by atoms with Crippen molar-refractivity contribution in [3.05, 3.63) is 108 Å². The summed E-state index contributed by atoms with van der Waals surface area (Å²) in [5.74, 6) is 0.685. The van der Waals surface area contributed by atoms with E-state index in [0.29, 0.717) is 0 Å². The van der Waals surface area contributed by atoms with Crippen molar-refractivity contribution in [2.45, 2.75) is 12.3 Å². The molecule has 26 heavy (non-hydrogen) atoms. The zero-order valence-electron chi connectivity index (χ0n) is 14.3. The summed E-state index contributed by atoms with van der Waals surface area (Å²) < 4.78 is 0. The SMILES string of the molecule is Oc1ccc(C(Cc2ccc3ccccc3c2)c2ccc(O)cc2)cc1. The second kappa shape index (κ2) is 6.93. The summed E-state index contributed by atoms with van der Waals surface area (Å²) in [6, 6.07) is 29.7. The minimum atomic E-state index is 0.150. The lowest BCUT2D eigenvalue weighted by Gasteiger charge is -2.19. The summed E-state index contributed by atoms with van der Waals surface area (Å²) in [6.07, 6.45) is 0.848. The normalized spacial score (nSPS) is 11.1. The van der Waals surface area contributed by atoms with E-state index >= 15 is 0 Å². The molecule has 0 heterocycles. The Morgan fingerprint density at radius 3 is 1.69 bits per heavy atom. The fourth-order valence-corrected chi connectivity index (χ4v) is 3.44. The Kier molecular flexibility index (Phi) is 4.32. The quantitative estimate of drug-likeness (QED) is 0.506. The van der Waals surface area contributed by atoms with Gasteiger partial charge in [-0.25, -0.2) is 0 Å². The second-order valence-corrected chi connectivity index (χ2v) is 6.62. The topological polar surface area (TPSA) is 40.5 Å². The summed E-state index contributed by atoms with van der Waals surface area (Å²) in [4.78, 5) is 0. The maximum Gasteiger partial charge on any atom is 0.115 e. The molecule has 0 bridgehead atoms. The number of hydrogen-bond acceptors (Lipinski definition) is 2. The Bertz CT molecular complexity index is 972. The van der Waals surface area contributed by atoms with Crippen LogP contribution in [0, 0.1) is 0 Å². The van der Waals surface area contributed by atoms with Gasteiger partial charge in [0, 0.05) is 5.92 Å². The first-order valence-electron chi connectivity index (χ1n) is 8.74. The minimum Gasteiger partial charge on any atom is -0.508 e. The van der Waals surface area contributed by atoms with E-state index in [1.807, 2.05) is 24.3 Å². The van der Waals surface area contributed by atoms with Crippen molar-refractivity contribution in [1.82, 2.24) is 0 Å². The van der Waals surface area contributed by atoms with Crippen LogP contribution in [0.5, 0.6) is 11.5 Å². The Morgan fingerprint density at radius 1 is 0.577 bits per heavy atom. The summed E-state index contributed by atoms with van der Waals surface area (Å²) in [7, 11) is 0. The molecule has 4 aromatic carbocycles. The molecule has 0 saturated carbocycles. The molecule has 0 aliphatic rings. The second-order valence-electron chi connectivity index (χ2n) is 6.62. The highest BCUT2D eigenvalue weighted by molar-refractivity contribution is 5.83. The Labute approximate surface area is 153 Å². The van der Waals surface area contributed by atoms with Gasteiger partial charge >= 0.3 is 0 Å². The van der Waals surface area contributed by atoms with Crippen molar-refractivity contribution in [3.63, 3.8) is 0 Å². The van der Waals surface area contributed by atoms with Crippen molar-refractivity contribution in [2.75, 3.05) is 0 Å². The summed E-state index contributed by atoms with van der Waals surface area (Å²) in [5.41, 5.74) is 3.54. The molecular weight excluding hydrogens is 320 g/mol. The average Bonchev–Trinajstić information content (AvgIpc) is 2.68. The van der Waals surface area contributed by atoms with Crippen LogP contribution in [-0.2, 0) is 6.42 Å². The fourth-order valence-electron chi connectivity index (χ4n) is 3.44. The van der Waals surface area contributed by atoms with Crippen LogP contribution in [0.1, 0.15) is 22.6 Å². The molecular formula is C24H20O2. The standard InChI is InChI=1S/C24H20O2/c25-22-11-7-19(8-12-22)24(20-9-13-23(26)14-10-20)16-17-5-6-18-3-1-2-4-21(18)15-17/h1-15,24-26H,16H2. The zero-order valence-corrected chi connectivity index (χ0v) is 14.3. The summed E-state index contributed by atoms with van der Waals surface area (Å²) >= 11 is 0. The first-order chi connectivity index (χ1) is 12.7. The molecule has 0 spiro atoms. The van der Waals surface area contributed by atoms with E-state index < -0.39 is 0 Å². The monoisotopic (exact) mass is 340 g/mol. The van der Waals surface area contributed by atoms with Gasteiger partial charge in [-0.2, -0.15) is 0 Å². The van der Waals surface area contributed by atoms with Gasteiger partial charge in [0.15, 0.2) is 0 Å². The Morgan fingerprint density at radius 2 is 1.12 bits per heavy atom. The molecule has 0 aromatic heterocycles. The minimum absolute atomic E-state index is 0.150. The van der Waals surface area contributed by atoms with Crippen molar-refractivity contribution >= 4 is 10.8 Å². The smallest absolute Gasteiger partial charge is 0.115 e. The largest absolute Gasteiger partial charge is 0.508 e. The van der Waals surface area contributed by atoms with Crippen molar-refractivity contribution < 1.29 is 10.2 Å². The van der Waals surface area contributed by atoms with Crippen LogP contribution < -0.4 is 0 Å².